The van der Waals surface area contributed by atoms with Crippen molar-refractivity contribution in [3.05, 3.63) is 11.7 Å². The van der Waals surface area contributed by atoms with Gasteiger partial charge in [-0.25, -0.2) is 0 Å². The van der Waals surface area contributed by atoms with E-state index in [1.807, 2.05) is 11.8 Å². The maximum atomic E-state index is 5.68. The molecule has 2 aliphatic rings. The maximum absolute atomic E-state index is 5.68. The molecule has 2 fully saturated rings. The van der Waals surface area contributed by atoms with Crippen LogP contribution in [0.3, 0.4) is 0 Å². The molecule has 0 saturated carbocycles. The van der Waals surface area contributed by atoms with Gasteiger partial charge in [0, 0.05) is 16.9 Å². The van der Waals surface area contributed by atoms with Crippen LogP contribution in [0.2, 0.25) is 0 Å². The number of rotatable bonds is 2. The van der Waals surface area contributed by atoms with Crippen molar-refractivity contribution in [2.75, 3.05) is 31.2 Å². The van der Waals surface area contributed by atoms with Gasteiger partial charge in [-0.1, -0.05) is 12.1 Å². The highest BCUT2D eigenvalue weighted by molar-refractivity contribution is 7.99. The number of nitrogens with zero attached hydrogens (tertiary/aromatic N) is 2. The summed E-state index contributed by atoms with van der Waals surface area (Å²) >= 11 is 1.89. The second kappa shape index (κ2) is 5.19. The van der Waals surface area contributed by atoms with E-state index in [4.69, 9.17) is 9.26 Å². The highest BCUT2D eigenvalue weighted by atomic mass is 32.2. The second-order valence-corrected chi connectivity index (χ2v) is 6.35. The Labute approximate surface area is 111 Å². The number of aromatic nitrogens is 2. The van der Waals surface area contributed by atoms with Gasteiger partial charge in [0.1, 0.15) is 6.10 Å². The van der Waals surface area contributed by atoms with Crippen molar-refractivity contribution in [3.8, 4) is 0 Å². The molecular formula is C12H19N3O2S. The fourth-order valence-corrected chi connectivity index (χ4v) is 3.28. The summed E-state index contributed by atoms with van der Waals surface area (Å²) in [7, 11) is 0. The van der Waals surface area contributed by atoms with Crippen molar-refractivity contribution in [2.24, 2.45) is 0 Å². The molecular weight excluding hydrogens is 250 g/mol. The van der Waals surface area contributed by atoms with Crippen molar-refractivity contribution in [3.63, 3.8) is 0 Å². The highest BCUT2D eigenvalue weighted by Gasteiger charge is 2.35. The van der Waals surface area contributed by atoms with Crippen molar-refractivity contribution in [2.45, 2.75) is 31.3 Å². The van der Waals surface area contributed by atoms with Crippen LogP contribution in [0, 0.1) is 0 Å². The van der Waals surface area contributed by atoms with Gasteiger partial charge in [0.15, 0.2) is 0 Å². The van der Waals surface area contributed by atoms with Gasteiger partial charge in [-0.2, -0.15) is 16.7 Å². The summed E-state index contributed by atoms with van der Waals surface area (Å²) in [4.78, 5) is 4.59. The third-order valence-corrected chi connectivity index (χ3v) is 4.76. The zero-order valence-corrected chi connectivity index (χ0v) is 11.5. The molecule has 18 heavy (non-hydrogen) atoms. The fraction of sp³-hybridized carbons (Fsp3) is 0.833. The molecule has 0 amide bonds. The summed E-state index contributed by atoms with van der Waals surface area (Å²) < 4.78 is 11.2. The van der Waals surface area contributed by atoms with Gasteiger partial charge in [-0.15, -0.1) is 0 Å². The van der Waals surface area contributed by atoms with Crippen LogP contribution >= 0.6 is 11.8 Å². The highest BCUT2D eigenvalue weighted by Crippen LogP contribution is 2.33. The number of hydrogen-bond acceptors (Lipinski definition) is 6. The quantitative estimate of drug-likeness (QED) is 0.878. The molecule has 0 bridgehead atoms. The molecule has 3 heterocycles. The molecule has 0 spiro atoms. The molecule has 3 rings (SSSR count). The Bertz CT molecular complexity index is 398. The molecule has 6 heteroatoms. The monoisotopic (exact) mass is 269 g/mol. The van der Waals surface area contributed by atoms with Gasteiger partial charge in [0.05, 0.1) is 6.61 Å². The van der Waals surface area contributed by atoms with E-state index < -0.39 is 0 Å². The number of ether oxygens (including phenoxy) is 1. The van der Waals surface area contributed by atoms with Gasteiger partial charge < -0.3 is 14.6 Å². The molecule has 0 aliphatic carbocycles. The minimum Gasteiger partial charge on any atom is -0.368 e. The fourth-order valence-electron chi connectivity index (χ4n) is 2.44. The molecule has 5 nitrogen and oxygen atoms in total. The first-order valence-corrected chi connectivity index (χ1v) is 7.68. The summed E-state index contributed by atoms with van der Waals surface area (Å²) in [5.41, 5.74) is 0.0261. The standard InChI is InChI=1S/C12H19N3O2S/c1-12(2-4-13-5-3-12)11-14-10(15-17-11)9-8-18-7-6-16-9/h9,13H,2-8H2,1H3. The minimum atomic E-state index is 0.00608. The van der Waals surface area contributed by atoms with Crippen LogP contribution in [-0.4, -0.2) is 41.3 Å². The maximum Gasteiger partial charge on any atom is 0.232 e. The number of thioether (sulfide) groups is 1. The van der Waals surface area contributed by atoms with Gasteiger partial charge >= 0.3 is 0 Å². The van der Waals surface area contributed by atoms with Gasteiger partial charge in [-0.05, 0) is 25.9 Å². The minimum absolute atomic E-state index is 0.00608. The lowest BCUT2D eigenvalue weighted by molar-refractivity contribution is 0.0677. The summed E-state index contributed by atoms with van der Waals surface area (Å²) in [5.74, 6) is 3.48. The van der Waals surface area contributed by atoms with E-state index in [0.717, 1.165) is 55.8 Å². The first-order valence-electron chi connectivity index (χ1n) is 6.52. The van der Waals surface area contributed by atoms with Crippen LogP contribution in [-0.2, 0) is 10.2 Å². The SMILES string of the molecule is CC1(c2nc(C3CSCCO3)no2)CCNCC1. The molecule has 0 radical (unpaired) electrons. The van der Waals surface area contributed by atoms with Crippen LogP contribution in [0.25, 0.3) is 0 Å². The number of piperidine rings is 1. The van der Waals surface area contributed by atoms with Gasteiger partial charge in [0.2, 0.25) is 11.7 Å². The number of hydrogen-bond donors (Lipinski definition) is 1. The number of nitrogens with one attached hydrogen (secondary N) is 1. The molecule has 1 N–H and O–H groups in total. The van der Waals surface area contributed by atoms with Crippen LogP contribution < -0.4 is 5.32 Å². The molecule has 2 saturated heterocycles. The van der Waals surface area contributed by atoms with E-state index in [-0.39, 0.29) is 11.5 Å². The van der Waals surface area contributed by atoms with Crippen molar-refractivity contribution < 1.29 is 9.26 Å². The third-order valence-electron chi connectivity index (χ3n) is 3.77. The Hall–Kier alpha value is -0.590. The van der Waals surface area contributed by atoms with Crippen molar-refractivity contribution in [1.29, 1.82) is 0 Å². The summed E-state index contributed by atoms with van der Waals surface area (Å²) in [6.07, 6.45) is 2.11. The zero-order valence-electron chi connectivity index (χ0n) is 10.6. The first-order chi connectivity index (χ1) is 8.78. The van der Waals surface area contributed by atoms with E-state index in [2.05, 4.69) is 22.4 Å². The molecule has 0 aromatic carbocycles. The van der Waals surface area contributed by atoms with Crippen molar-refractivity contribution >= 4 is 11.8 Å². The molecule has 1 aromatic heterocycles. The first kappa shape index (κ1) is 12.4. The predicted molar refractivity (Wildman–Crippen MR) is 69.8 cm³/mol. The lowest BCUT2D eigenvalue weighted by Gasteiger charge is -2.30. The van der Waals surface area contributed by atoms with Crippen LogP contribution in [0.5, 0.6) is 0 Å². The largest absolute Gasteiger partial charge is 0.368 e. The topological polar surface area (TPSA) is 60.2 Å². The Morgan fingerprint density at radius 3 is 2.94 bits per heavy atom. The second-order valence-electron chi connectivity index (χ2n) is 5.20. The van der Waals surface area contributed by atoms with Crippen LogP contribution in [0.15, 0.2) is 4.52 Å². The molecule has 1 atom stereocenters. The predicted octanol–water partition coefficient (Wildman–Crippen LogP) is 1.52. The third kappa shape index (κ3) is 2.41. The summed E-state index contributed by atoms with van der Waals surface area (Å²) in [5, 5.41) is 7.48. The zero-order chi connectivity index (χ0) is 12.4. The smallest absolute Gasteiger partial charge is 0.232 e. The van der Waals surface area contributed by atoms with Gasteiger partial charge in [0.25, 0.3) is 0 Å². The molecule has 1 unspecified atom stereocenters. The van der Waals surface area contributed by atoms with E-state index in [9.17, 15) is 0 Å². The van der Waals surface area contributed by atoms with E-state index in [0.29, 0.717) is 0 Å². The Morgan fingerprint density at radius 2 is 2.22 bits per heavy atom. The average molecular weight is 269 g/mol. The Balaban J connectivity index is 1.75. The van der Waals surface area contributed by atoms with E-state index in [1.54, 1.807) is 0 Å². The Kier molecular flexibility index (Phi) is 3.59. The molecule has 1 aromatic rings. The Morgan fingerprint density at radius 1 is 1.39 bits per heavy atom. The van der Waals surface area contributed by atoms with Gasteiger partial charge in [-0.3, -0.25) is 0 Å². The van der Waals surface area contributed by atoms with E-state index in [1.165, 1.54) is 0 Å². The molecule has 100 valence electrons. The summed E-state index contributed by atoms with van der Waals surface area (Å²) in [6, 6.07) is 0. The molecule has 2 aliphatic heterocycles. The lowest BCUT2D eigenvalue weighted by atomic mass is 9.81. The summed E-state index contributed by atoms with van der Waals surface area (Å²) in [6.45, 7) is 5.02. The normalized spacial score (nSPS) is 28.2. The van der Waals surface area contributed by atoms with Crippen molar-refractivity contribution in [1.82, 2.24) is 15.5 Å². The van der Waals surface area contributed by atoms with Crippen LogP contribution in [0.1, 0.15) is 37.6 Å². The van der Waals surface area contributed by atoms with Crippen LogP contribution in [0.4, 0.5) is 0 Å². The van der Waals surface area contributed by atoms with E-state index >= 15 is 0 Å². The average Bonchev–Trinajstić information content (AvgIpc) is 2.91. The lowest BCUT2D eigenvalue weighted by Crippen LogP contribution is -2.37.